The summed E-state index contributed by atoms with van der Waals surface area (Å²) in [5, 5.41) is 50.5. The van der Waals surface area contributed by atoms with Crippen LogP contribution in [0.3, 0.4) is 0 Å². The number of rotatable bonds is 14. The van der Waals surface area contributed by atoms with Crippen LogP contribution in [0.5, 0.6) is 5.75 Å². The number of nitrogens with two attached hydrogens (primary N) is 1. The number of amides is 2. The van der Waals surface area contributed by atoms with Gasteiger partial charge in [0.2, 0.25) is 11.8 Å². The zero-order valence-corrected chi connectivity index (χ0v) is 41.0. The van der Waals surface area contributed by atoms with E-state index in [0.717, 1.165) is 88.2 Å². The number of benzene rings is 2. The summed E-state index contributed by atoms with van der Waals surface area (Å²) in [5.74, 6) is 7.95. The molecule has 2 amide bonds. The Morgan fingerprint density at radius 1 is 0.944 bits per heavy atom. The fraction of sp³-hybridized carbons (Fsp3) is 0.500. The average Bonchev–Trinajstić information content (AvgIpc) is 4.14. The Labute approximate surface area is 415 Å². The van der Waals surface area contributed by atoms with Crippen LogP contribution in [-0.2, 0) is 14.3 Å². The Kier molecular flexibility index (Phi) is 15.0. The quantitative estimate of drug-likeness (QED) is 0.0876. The van der Waals surface area contributed by atoms with E-state index in [1.807, 2.05) is 56.8 Å². The van der Waals surface area contributed by atoms with Gasteiger partial charge in [-0.15, -0.1) is 10.2 Å². The van der Waals surface area contributed by atoms with Crippen LogP contribution in [0.4, 0.5) is 11.6 Å². The molecule has 2 aromatic carbocycles. The summed E-state index contributed by atoms with van der Waals surface area (Å²) < 4.78 is 14.3. The third-order valence-electron chi connectivity index (χ3n) is 14.8. The number of phenolic OH excluding ortho intramolecular Hbond substituents is 1. The van der Waals surface area contributed by atoms with Crippen molar-refractivity contribution in [1.29, 1.82) is 5.26 Å². The number of hydrogen-bond acceptors (Lipinski definition) is 14. The number of likely N-dealkylation sites (tertiary alicyclic amines) is 2. The molecular formula is C54H65N11O6. The van der Waals surface area contributed by atoms with Gasteiger partial charge in [0, 0.05) is 80.6 Å². The van der Waals surface area contributed by atoms with E-state index < -0.39 is 18.1 Å². The number of anilines is 2. The molecule has 3 aromatic heterocycles. The van der Waals surface area contributed by atoms with Gasteiger partial charge < -0.3 is 45.2 Å². The van der Waals surface area contributed by atoms with Crippen molar-refractivity contribution in [2.75, 3.05) is 49.9 Å². The molecule has 5 aromatic rings. The number of para-hydroxylation sites is 1. The molecule has 0 spiro atoms. The van der Waals surface area contributed by atoms with E-state index in [4.69, 9.17) is 20.3 Å². The van der Waals surface area contributed by atoms with E-state index in [1.165, 1.54) is 4.90 Å². The monoisotopic (exact) mass is 964 g/mol. The first-order valence-corrected chi connectivity index (χ1v) is 25.2. The summed E-state index contributed by atoms with van der Waals surface area (Å²) >= 11 is 0. The molecule has 3 saturated heterocycles. The molecule has 0 radical (unpaired) electrons. The maximum Gasteiger partial charge on any atom is 0.243 e. The molecule has 0 bridgehead atoms. The number of aliphatic hydroxyl groups excluding tert-OH is 1. The smallest absolute Gasteiger partial charge is 0.243 e. The number of nitrogens with one attached hydrogen (secondary N) is 1. The molecule has 5 atom stereocenters. The molecule has 5 N–H and O–H groups in total. The van der Waals surface area contributed by atoms with Crippen LogP contribution in [0.25, 0.3) is 22.4 Å². The van der Waals surface area contributed by atoms with Gasteiger partial charge in [0.25, 0.3) is 0 Å². The van der Waals surface area contributed by atoms with Crippen LogP contribution in [0.2, 0.25) is 0 Å². The Morgan fingerprint density at radius 2 is 1.69 bits per heavy atom. The molecule has 1 aliphatic carbocycles. The van der Waals surface area contributed by atoms with Gasteiger partial charge in [-0.3, -0.25) is 14.3 Å². The number of aromatic hydroxyl groups is 1. The summed E-state index contributed by atoms with van der Waals surface area (Å²) in [6.45, 7) is 12.7. The molecular weight excluding hydrogens is 899 g/mol. The second-order valence-corrected chi connectivity index (χ2v) is 20.2. The van der Waals surface area contributed by atoms with Gasteiger partial charge in [0.05, 0.1) is 47.9 Å². The summed E-state index contributed by atoms with van der Waals surface area (Å²) in [4.78, 5) is 34.1. The second-order valence-electron chi connectivity index (χ2n) is 20.2. The zero-order valence-electron chi connectivity index (χ0n) is 41.0. The van der Waals surface area contributed by atoms with Crippen LogP contribution in [0.15, 0.2) is 77.6 Å². The lowest BCUT2D eigenvalue weighted by molar-refractivity contribution is -0.141. The summed E-state index contributed by atoms with van der Waals surface area (Å²) in [7, 11) is 0. The first kappa shape index (κ1) is 49.2. The van der Waals surface area contributed by atoms with E-state index in [-0.39, 0.29) is 66.6 Å². The van der Waals surface area contributed by atoms with E-state index in [0.29, 0.717) is 40.0 Å². The molecule has 17 nitrogen and oxygen atoms in total. The van der Waals surface area contributed by atoms with Gasteiger partial charge in [0.15, 0.2) is 17.4 Å². The summed E-state index contributed by atoms with van der Waals surface area (Å²) in [6.07, 6.45) is 9.57. The van der Waals surface area contributed by atoms with Crippen LogP contribution in [0, 0.1) is 40.9 Å². The largest absolute Gasteiger partial charge is 0.507 e. The zero-order chi connectivity index (χ0) is 49.8. The number of piperidine rings is 2. The third kappa shape index (κ3) is 11.4. The molecule has 6 heterocycles. The van der Waals surface area contributed by atoms with E-state index in [2.05, 4.69) is 53.5 Å². The summed E-state index contributed by atoms with van der Waals surface area (Å²) in [5.41, 5.74) is 10.2. The van der Waals surface area contributed by atoms with E-state index >= 15 is 0 Å². The Bertz CT molecular complexity index is 2750. The van der Waals surface area contributed by atoms with Crippen molar-refractivity contribution < 1.29 is 29.1 Å². The molecule has 71 heavy (non-hydrogen) atoms. The minimum Gasteiger partial charge on any atom is -0.507 e. The van der Waals surface area contributed by atoms with Crippen molar-refractivity contribution in [3.8, 4) is 46.0 Å². The predicted molar refractivity (Wildman–Crippen MR) is 267 cm³/mol. The number of β-amino-alcohol motifs (C(OH)–C–C–N with tert-alkyl or cyclic N) is 1. The lowest BCUT2D eigenvalue weighted by atomic mass is 9.82. The fourth-order valence-corrected chi connectivity index (χ4v) is 10.5. The molecule has 0 unspecified atom stereocenters. The van der Waals surface area contributed by atoms with Gasteiger partial charge in [-0.2, -0.15) is 10.4 Å². The maximum absolute atomic E-state index is 14.2. The number of nitriles is 1. The molecule has 4 fully saturated rings. The Hall–Kier alpha value is -6.79. The van der Waals surface area contributed by atoms with E-state index in [9.17, 15) is 19.8 Å². The van der Waals surface area contributed by atoms with Crippen molar-refractivity contribution in [3.63, 3.8) is 0 Å². The molecule has 1 saturated carbocycles. The normalized spacial score (nSPS) is 22.3. The van der Waals surface area contributed by atoms with Crippen molar-refractivity contribution in [2.24, 2.45) is 17.8 Å². The highest BCUT2D eigenvalue weighted by Crippen LogP contribution is 2.36. The summed E-state index contributed by atoms with van der Waals surface area (Å²) in [6, 6.07) is 18.5. The lowest BCUT2D eigenvalue weighted by Crippen LogP contribution is -2.48. The second kappa shape index (κ2) is 21.7. The number of phenols is 1. The molecule has 9 rings (SSSR count). The number of ether oxygens (including phenoxy) is 1. The highest BCUT2D eigenvalue weighted by atomic mass is 16.5. The lowest BCUT2D eigenvalue weighted by Gasteiger charge is -2.40. The third-order valence-corrected chi connectivity index (χ3v) is 14.8. The van der Waals surface area contributed by atoms with Crippen LogP contribution in [-0.4, -0.2) is 121 Å². The van der Waals surface area contributed by atoms with Crippen molar-refractivity contribution in [2.45, 2.75) is 115 Å². The Balaban J connectivity index is 0.691. The van der Waals surface area contributed by atoms with E-state index in [1.54, 1.807) is 48.7 Å². The van der Waals surface area contributed by atoms with Gasteiger partial charge in [-0.25, -0.2) is 0 Å². The minimum atomic E-state index is -0.824. The average molecular weight is 964 g/mol. The number of carbonyl (C=O) groups is 2. The van der Waals surface area contributed by atoms with Crippen molar-refractivity contribution in [3.05, 3.63) is 89.9 Å². The van der Waals surface area contributed by atoms with Gasteiger partial charge in [-0.1, -0.05) is 55.1 Å². The SMILES string of the molecule is CC(C)[C@H](C(=O)N1C[C@H](O)C[C@H]1C(=O)N[C@@H](C)c1ccc(C#N)cc1)c1cc(N2CCC(CN3CCC(OC4CC(C#C[C@@H](C)n5cc(-c6cc(-c7ccccc7O)nnc6N)cn5)C4)CC3)CC2)no1. The number of nitrogens with zero attached hydrogens (tertiary/aromatic N) is 9. The van der Waals surface area contributed by atoms with Crippen LogP contribution in [0.1, 0.15) is 108 Å². The van der Waals surface area contributed by atoms with Crippen molar-refractivity contribution in [1.82, 2.24) is 40.3 Å². The predicted octanol–water partition coefficient (Wildman–Crippen LogP) is 6.47. The first-order chi connectivity index (χ1) is 34.3. The molecule has 3 aliphatic heterocycles. The Morgan fingerprint density at radius 3 is 2.41 bits per heavy atom. The van der Waals surface area contributed by atoms with Gasteiger partial charge in [0.1, 0.15) is 23.8 Å². The highest BCUT2D eigenvalue weighted by Gasteiger charge is 2.44. The molecule has 4 aliphatic rings. The van der Waals surface area contributed by atoms with Crippen LogP contribution < -0.4 is 16.0 Å². The first-order valence-electron chi connectivity index (χ1n) is 25.2. The number of aliphatic hydroxyl groups is 1. The number of aromatic nitrogens is 5. The minimum absolute atomic E-state index is 0.0645. The number of hydrogen-bond donors (Lipinski definition) is 4. The fourth-order valence-electron chi connectivity index (χ4n) is 10.5. The van der Waals surface area contributed by atoms with Crippen LogP contribution >= 0.6 is 0 Å². The van der Waals surface area contributed by atoms with Gasteiger partial charge >= 0.3 is 0 Å². The number of nitrogen functional groups attached to an aromatic ring is 1. The molecule has 372 valence electrons. The molecule has 17 heteroatoms. The van der Waals surface area contributed by atoms with Crippen molar-refractivity contribution >= 4 is 23.5 Å². The standard InChI is InChI=1S/C54H65N11O6/c1-33(2)51(54(69)64-32-41(66)25-47(64)53(68)58-35(4)39-13-11-36(28-55)12-14-39)49-27-50(61-71-49)63-21-15-37(16-22-63)30-62-19-17-42(18-20-62)70-43-23-38(24-43)10-9-34(3)65-31-40(29-57-65)45-26-46(59-60-52(45)56)44-7-5-6-8-48(44)67/h5-8,11-14,26-27,29,31,33-35,37-38,41-43,47,51,66-67H,15-25,30,32H2,1-4H3,(H2,56,60)(H,58,68)/t34-,35+,38?,41-,43?,47+,51+/m1/s1. The maximum atomic E-state index is 14.2. The number of carbonyl (C=O) groups excluding carboxylic acids is 2. The highest BCUT2D eigenvalue weighted by molar-refractivity contribution is 5.91. The van der Waals surface area contributed by atoms with Gasteiger partial charge in [-0.05, 0) is 100 Å². The topological polar surface area (TPSA) is 225 Å².